The van der Waals surface area contributed by atoms with Crippen molar-refractivity contribution in [3.8, 4) is 0 Å². The summed E-state index contributed by atoms with van der Waals surface area (Å²) in [7, 11) is 0. The first-order chi connectivity index (χ1) is 11.4. The highest BCUT2D eigenvalue weighted by Gasteiger charge is 2.37. The van der Waals surface area contributed by atoms with Crippen molar-refractivity contribution in [3.05, 3.63) is 35.9 Å². The summed E-state index contributed by atoms with van der Waals surface area (Å²) in [4.78, 5) is 15.1. The molecule has 2 aliphatic rings. The first-order valence-electron chi connectivity index (χ1n) is 9.16. The van der Waals surface area contributed by atoms with Gasteiger partial charge in [-0.3, -0.25) is 4.79 Å². The zero-order valence-electron chi connectivity index (χ0n) is 15.2. The van der Waals surface area contributed by atoms with Crippen LogP contribution in [0.2, 0.25) is 0 Å². The van der Waals surface area contributed by atoms with Crippen molar-refractivity contribution in [1.29, 1.82) is 0 Å². The van der Waals surface area contributed by atoms with Gasteiger partial charge in [-0.2, -0.15) is 0 Å². The summed E-state index contributed by atoms with van der Waals surface area (Å²) >= 11 is 0. The Kier molecular flexibility index (Phi) is 6.86. The van der Waals surface area contributed by atoms with Crippen molar-refractivity contribution in [2.24, 2.45) is 5.41 Å². The second kappa shape index (κ2) is 8.50. The Hall–Kier alpha value is -1.13. The van der Waals surface area contributed by atoms with E-state index in [1.165, 1.54) is 0 Å². The number of carbonyl (C=O) groups excluding carboxylic acids is 1. The minimum Gasteiger partial charge on any atom is -0.334 e. The van der Waals surface area contributed by atoms with Crippen LogP contribution in [0.5, 0.6) is 0 Å². The number of nitrogens with one attached hydrogen (secondary N) is 1. The van der Waals surface area contributed by atoms with E-state index in [9.17, 15) is 9.18 Å². The highest BCUT2D eigenvalue weighted by atomic mass is 35.5. The molecule has 1 N–H and O–H groups in total. The predicted molar refractivity (Wildman–Crippen MR) is 102 cm³/mol. The number of hydrogen-bond donors (Lipinski definition) is 1. The Morgan fingerprint density at radius 2 is 1.88 bits per heavy atom. The van der Waals surface area contributed by atoms with Gasteiger partial charge in [-0.1, -0.05) is 44.2 Å². The van der Waals surface area contributed by atoms with Gasteiger partial charge in [0.1, 0.15) is 6.17 Å². The van der Waals surface area contributed by atoms with Crippen LogP contribution < -0.4 is 5.32 Å². The SMILES string of the molecule is CC1(C)CCC(N(Cc2ccccc2)C(=O)[C@@H]2C[C@H](F)CN2)CC1.Cl. The molecule has 0 spiro atoms. The Labute approximate surface area is 156 Å². The molecule has 1 saturated carbocycles. The van der Waals surface area contributed by atoms with E-state index in [1.807, 2.05) is 23.1 Å². The molecule has 3 nitrogen and oxygen atoms in total. The smallest absolute Gasteiger partial charge is 0.240 e. The normalized spacial score (nSPS) is 26.0. The number of alkyl halides is 1. The molecule has 0 bridgehead atoms. The third kappa shape index (κ3) is 5.18. The summed E-state index contributed by atoms with van der Waals surface area (Å²) in [5.74, 6) is 0.0729. The Morgan fingerprint density at radius 3 is 2.44 bits per heavy atom. The van der Waals surface area contributed by atoms with Gasteiger partial charge in [0.2, 0.25) is 5.91 Å². The molecule has 140 valence electrons. The Morgan fingerprint density at radius 1 is 1.24 bits per heavy atom. The average Bonchev–Trinajstić information content (AvgIpc) is 3.00. The number of halogens is 2. The number of nitrogens with zero attached hydrogens (tertiary/aromatic N) is 1. The summed E-state index contributed by atoms with van der Waals surface area (Å²) in [5.41, 5.74) is 1.51. The van der Waals surface area contributed by atoms with Gasteiger partial charge in [-0.05, 0) is 36.7 Å². The summed E-state index contributed by atoms with van der Waals surface area (Å²) < 4.78 is 13.5. The number of rotatable bonds is 4. The van der Waals surface area contributed by atoms with Crippen molar-refractivity contribution in [2.45, 2.75) is 70.8 Å². The Bertz CT molecular complexity index is 556. The molecule has 1 saturated heterocycles. The summed E-state index contributed by atoms with van der Waals surface area (Å²) in [6.45, 7) is 5.53. The van der Waals surface area contributed by atoms with Crippen LogP contribution in [0.4, 0.5) is 4.39 Å². The van der Waals surface area contributed by atoms with Crippen LogP contribution in [0.25, 0.3) is 0 Å². The van der Waals surface area contributed by atoms with Crippen LogP contribution in [-0.4, -0.2) is 35.6 Å². The van der Waals surface area contributed by atoms with Crippen LogP contribution >= 0.6 is 12.4 Å². The lowest BCUT2D eigenvalue weighted by molar-refractivity contribution is -0.137. The first kappa shape index (κ1) is 20.2. The molecular formula is C20H30ClFN2O. The summed E-state index contributed by atoms with van der Waals surface area (Å²) in [6, 6.07) is 10.0. The van der Waals surface area contributed by atoms with Crippen LogP contribution in [0, 0.1) is 5.41 Å². The van der Waals surface area contributed by atoms with Crippen LogP contribution in [-0.2, 0) is 11.3 Å². The van der Waals surface area contributed by atoms with E-state index in [0.29, 0.717) is 24.9 Å². The first-order valence-corrected chi connectivity index (χ1v) is 9.16. The second-order valence-electron chi connectivity index (χ2n) is 8.14. The van der Waals surface area contributed by atoms with Gasteiger partial charge in [0.05, 0.1) is 6.04 Å². The lowest BCUT2D eigenvalue weighted by Gasteiger charge is -2.41. The fraction of sp³-hybridized carbons (Fsp3) is 0.650. The lowest BCUT2D eigenvalue weighted by atomic mass is 9.75. The molecule has 0 aromatic heterocycles. The van der Waals surface area contributed by atoms with Gasteiger partial charge in [-0.25, -0.2) is 4.39 Å². The zero-order valence-corrected chi connectivity index (χ0v) is 16.0. The maximum atomic E-state index is 13.5. The molecule has 1 aromatic carbocycles. The topological polar surface area (TPSA) is 32.3 Å². The number of benzene rings is 1. The van der Waals surface area contributed by atoms with Gasteiger partial charge in [0.25, 0.3) is 0 Å². The third-order valence-electron chi connectivity index (χ3n) is 5.60. The molecule has 1 amide bonds. The molecule has 1 aliphatic carbocycles. The zero-order chi connectivity index (χ0) is 17.2. The highest BCUT2D eigenvalue weighted by Crippen LogP contribution is 2.37. The van der Waals surface area contributed by atoms with Crippen molar-refractivity contribution in [2.75, 3.05) is 6.54 Å². The monoisotopic (exact) mass is 368 g/mol. The molecule has 3 rings (SSSR count). The lowest BCUT2D eigenvalue weighted by Crippen LogP contribution is -2.49. The van der Waals surface area contributed by atoms with E-state index in [-0.39, 0.29) is 30.4 Å². The Balaban J connectivity index is 0.00000225. The van der Waals surface area contributed by atoms with E-state index in [0.717, 1.165) is 31.2 Å². The third-order valence-corrected chi connectivity index (χ3v) is 5.60. The minimum atomic E-state index is -0.900. The fourth-order valence-corrected chi connectivity index (χ4v) is 3.94. The van der Waals surface area contributed by atoms with Gasteiger partial charge < -0.3 is 10.2 Å². The molecule has 1 heterocycles. The van der Waals surface area contributed by atoms with Crippen molar-refractivity contribution in [1.82, 2.24) is 10.2 Å². The molecule has 5 heteroatoms. The van der Waals surface area contributed by atoms with Gasteiger partial charge in [0, 0.05) is 25.6 Å². The number of carbonyl (C=O) groups is 1. The molecule has 0 radical (unpaired) electrons. The molecule has 2 atom stereocenters. The molecule has 2 fully saturated rings. The number of hydrogen-bond acceptors (Lipinski definition) is 2. The van der Waals surface area contributed by atoms with Gasteiger partial charge in [-0.15, -0.1) is 12.4 Å². The minimum absolute atomic E-state index is 0. The molecule has 25 heavy (non-hydrogen) atoms. The molecular weight excluding hydrogens is 339 g/mol. The fourth-order valence-electron chi connectivity index (χ4n) is 3.94. The molecule has 1 aliphatic heterocycles. The largest absolute Gasteiger partial charge is 0.334 e. The molecule has 0 unspecified atom stereocenters. The summed E-state index contributed by atoms with van der Waals surface area (Å²) in [5, 5.41) is 3.06. The average molecular weight is 369 g/mol. The maximum Gasteiger partial charge on any atom is 0.240 e. The van der Waals surface area contributed by atoms with E-state index in [2.05, 4.69) is 31.3 Å². The number of amides is 1. The van der Waals surface area contributed by atoms with Crippen LogP contribution in [0.15, 0.2) is 30.3 Å². The van der Waals surface area contributed by atoms with Gasteiger partial charge >= 0.3 is 0 Å². The van der Waals surface area contributed by atoms with E-state index < -0.39 is 6.17 Å². The molecule has 1 aromatic rings. The summed E-state index contributed by atoms with van der Waals surface area (Å²) in [6.07, 6.45) is 3.76. The van der Waals surface area contributed by atoms with E-state index in [1.54, 1.807) is 0 Å². The van der Waals surface area contributed by atoms with Crippen molar-refractivity contribution < 1.29 is 9.18 Å². The van der Waals surface area contributed by atoms with Crippen molar-refractivity contribution in [3.63, 3.8) is 0 Å². The highest BCUT2D eigenvalue weighted by molar-refractivity contribution is 5.85. The van der Waals surface area contributed by atoms with Crippen LogP contribution in [0.1, 0.15) is 51.5 Å². The van der Waals surface area contributed by atoms with E-state index in [4.69, 9.17) is 0 Å². The maximum absolute atomic E-state index is 13.5. The van der Waals surface area contributed by atoms with Gasteiger partial charge in [0.15, 0.2) is 0 Å². The van der Waals surface area contributed by atoms with E-state index >= 15 is 0 Å². The van der Waals surface area contributed by atoms with Crippen molar-refractivity contribution >= 4 is 18.3 Å². The quantitative estimate of drug-likeness (QED) is 0.867. The van der Waals surface area contributed by atoms with Crippen LogP contribution in [0.3, 0.4) is 0 Å². The standard InChI is InChI=1S/C20H29FN2O.ClH/c1-20(2)10-8-17(9-11-20)23(14-15-6-4-3-5-7-15)19(24)18-12-16(21)13-22-18;/h3-7,16-18,22H,8-14H2,1-2H3;1H/t16-,18-;/m0./s1. The second-order valence-corrected chi connectivity index (χ2v) is 8.14. The predicted octanol–water partition coefficient (Wildman–Crippen LogP) is 4.11.